The van der Waals surface area contributed by atoms with Crippen LogP contribution in [0.15, 0.2) is 42.7 Å². The molecule has 4 aromatic rings. The van der Waals surface area contributed by atoms with E-state index in [1.54, 1.807) is 13.4 Å². The van der Waals surface area contributed by atoms with Crippen molar-refractivity contribution in [3.8, 4) is 5.75 Å². The monoisotopic (exact) mass is 379 g/mol. The number of rotatable bonds is 5. The number of H-pyrrole nitrogens is 1. The minimum absolute atomic E-state index is 0.504. The van der Waals surface area contributed by atoms with Crippen LogP contribution in [0.3, 0.4) is 0 Å². The van der Waals surface area contributed by atoms with Gasteiger partial charge in [-0.1, -0.05) is 13.8 Å². The van der Waals surface area contributed by atoms with Crippen molar-refractivity contribution < 1.29 is 4.74 Å². The van der Waals surface area contributed by atoms with E-state index in [2.05, 4.69) is 50.8 Å². The number of imidazole rings is 1. The third-order valence-electron chi connectivity index (χ3n) is 4.43. The zero-order chi connectivity index (χ0) is 19.0. The summed E-state index contributed by atoms with van der Waals surface area (Å²) >= 11 is 5.52. The minimum atomic E-state index is 0.504. The van der Waals surface area contributed by atoms with Crippen LogP contribution >= 0.6 is 12.2 Å². The van der Waals surface area contributed by atoms with Crippen molar-refractivity contribution in [1.82, 2.24) is 19.5 Å². The Morgan fingerprint density at radius 1 is 1.19 bits per heavy atom. The predicted octanol–water partition coefficient (Wildman–Crippen LogP) is 5.05. The van der Waals surface area contributed by atoms with Crippen molar-refractivity contribution in [2.75, 3.05) is 12.4 Å². The average molecular weight is 379 g/mol. The number of aromatic amines is 1. The molecule has 0 aliphatic rings. The van der Waals surface area contributed by atoms with E-state index >= 15 is 0 Å². The molecule has 0 atom stereocenters. The zero-order valence-corrected chi connectivity index (χ0v) is 16.3. The predicted molar refractivity (Wildman–Crippen MR) is 111 cm³/mol. The minimum Gasteiger partial charge on any atom is -0.497 e. The van der Waals surface area contributed by atoms with Gasteiger partial charge in [-0.05, 0) is 54.5 Å². The molecule has 0 fully saturated rings. The van der Waals surface area contributed by atoms with E-state index in [4.69, 9.17) is 17.0 Å². The maximum absolute atomic E-state index is 5.52. The average Bonchev–Trinajstić information content (AvgIpc) is 2.95. The summed E-state index contributed by atoms with van der Waals surface area (Å²) in [6.07, 6.45) is 1.58. The van der Waals surface area contributed by atoms with Gasteiger partial charge in [-0.3, -0.25) is 0 Å². The standard InChI is InChI=1S/C20H21N5OS/c1-12(2)10-25-18-9-16-15(8-17(18)24-20(25)27)19(22-11-21-16)23-13-4-6-14(26-3)7-5-13/h4-9,11-12H,10H2,1-3H3,(H,24,27)(H,21,22,23). The maximum Gasteiger partial charge on any atom is 0.178 e. The number of nitrogens with zero attached hydrogens (tertiary/aromatic N) is 3. The highest BCUT2D eigenvalue weighted by Crippen LogP contribution is 2.28. The van der Waals surface area contributed by atoms with Gasteiger partial charge in [0.2, 0.25) is 0 Å². The van der Waals surface area contributed by atoms with Crippen LogP contribution in [0.4, 0.5) is 11.5 Å². The largest absolute Gasteiger partial charge is 0.497 e. The Bertz CT molecular complexity index is 1160. The highest BCUT2D eigenvalue weighted by molar-refractivity contribution is 7.71. The van der Waals surface area contributed by atoms with E-state index < -0.39 is 0 Å². The normalized spacial score (nSPS) is 11.4. The molecule has 4 rings (SSSR count). The van der Waals surface area contributed by atoms with Crippen molar-refractivity contribution in [3.05, 3.63) is 47.5 Å². The molecular weight excluding hydrogens is 358 g/mol. The van der Waals surface area contributed by atoms with Crippen LogP contribution in [0.5, 0.6) is 5.75 Å². The first kappa shape index (κ1) is 17.5. The van der Waals surface area contributed by atoms with Gasteiger partial charge >= 0.3 is 0 Å². The van der Waals surface area contributed by atoms with Crippen LogP contribution in [-0.2, 0) is 6.54 Å². The first-order valence-corrected chi connectivity index (χ1v) is 9.24. The third kappa shape index (κ3) is 3.38. The lowest BCUT2D eigenvalue weighted by atomic mass is 10.2. The van der Waals surface area contributed by atoms with Crippen molar-refractivity contribution in [1.29, 1.82) is 0 Å². The van der Waals surface area contributed by atoms with Gasteiger partial charge in [-0.2, -0.15) is 0 Å². The van der Waals surface area contributed by atoms with E-state index in [1.165, 1.54) is 0 Å². The summed E-state index contributed by atoms with van der Waals surface area (Å²) in [5, 5.41) is 4.30. The molecule has 2 aromatic carbocycles. The molecule has 27 heavy (non-hydrogen) atoms. The lowest BCUT2D eigenvalue weighted by Crippen LogP contribution is -2.04. The number of benzene rings is 2. The quantitative estimate of drug-likeness (QED) is 0.475. The highest BCUT2D eigenvalue weighted by Gasteiger charge is 2.11. The molecule has 0 spiro atoms. The summed E-state index contributed by atoms with van der Waals surface area (Å²) in [6, 6.07) is 11.9. The van der Waals surface area contributed by atoms with E-state index in [1.807, 2.05) is 24.3 Å². The Labute approximate surface area is 162 Å². The van der Waals surface area contributed by atoms with E-state index in [0.717, 1.165) is 50.5 Å². The van der Waals surface area contributed by atoms with Gasteiger partial charge in [0.15, 0.2) is 4.77 Å². The highest BCUT2D eigenvalue weighted by atomic mass is 32.1. The van der Waals surface area contributed by atoms with Crippen LogP contribution in [0.2, 0.25) is 0 Å². The third-order valence-corrected chi connectivity index (χ3v) is 4.75. The van der Waals surface area contributed by atoms with Crippen LogP contribution in [0.25, 0.3) is 21.9 Å². The number of fused-ring (bicyclic) bond motifs is 2. The van der Waals surface area contributed by atoms with Gasteiger partial charge in [0.1, 0.15) is 17.9 Å². The van der Waals surface area contributed by atoms with Gasteiger partial charge in [0.05, 0.1) is 23.7 Å². The summed E-state index contributed by atoms with van der Waals surface area (Å²) in [4.78, 5) is 12.2. The molecule has 0 aliphatic heterocycles. The number of hydrogen-bond acceptors (Lipinski definition) is 5. The summed E-state index contributed by atoms with van der Waals surface area (Å²) in [5.41, 5.74) is 3.86. The molecule has 7 heteroatoms. The molecule has 0 aliphatic carbocycles. The van der Waals surface area contributed by atoms with Crippen LogP contribution in [0, 0.1) is 10.7 Å². The Morgan fingerprint density at radius 3 is 2.67 bits per heavy atom. The fraction of sp³-hybridized carbons (Fsp3) is 0.250. The SMILES string of the molecule is COc1ccc(Nc2ncnc3cc4c(cc23)[nH]c(=S)n4CC(C)C)cc1. The van der Waals surface area contributed by atoms with Crippen LogP contribution in [0.1, 0.15) is 13.8 Å². The summed E-state index contributed by atoms with van der Waals surface area (Å²) in [5.74, 6) is 2.07. The molecule has 2 aromatic heterocycles. The van der Waals surface area contributed by atoms with Gasteiger partial charge in [-0.25, -0.2) is 9.97 Å². The number of aromatic nitrogens is 4. The number of hydrogen-bond donors (Lipinski definition) is 2. The van der Waals surface area contributed by atoms with Crippen molar-refractivity contribution in [3.63, 3.8) is 0 Å². The maximum atomic E-state index is 5.52. The number of ether oxygens (including phenoxy) is 1. The Balaban J connectivity index is 1.80. The van der Waals surface area contributed by atoms with Crippen LogP contribution < -0.4 is 10.1 Å². The van der Waals surface area contributed by atoms with E-state index in [9.17, 15) is 0 Å². The number of nitrogens with one attached hydrogen (secondary N) is 2. The molecule has 0 amide bonds. The molecule has 2 N–H and O–H groups in total. The molecule has 0 unspecified atom stereocenters. The van der Waals surface area contributed by atoms with Gasteiger partial charge in [0, 0.05) is 17.6 Å². The molecular formula is C20H21N5OS. The topological polar surface area (TPSA) is 67.8 Å². The molecule has 0 saturated heterocycles. The fourth-order valence-corrected chi connectivity index (χ4v) is 3.45. The Hall–Kier alpha value is -2.93. The first-order valence-electron chi connectivity index (χ1n) is 8.83. The molecule has 0 radical (unpaired) electrons. The second-order valence-corrected chi connectivity index (χ2v) is 7.28. The lowest BCUT2D eigenvalue weighted by Gasteiger charge is -2.10. The molecule has 6 nitrogen and oxygen atoms in total. The van der Waals surface area contributed by atoms with E-state index in [0.29, 0.717) is 5.92 Å². The van der Waals surface area contributed by atoms with E-state index in [-0.39, 0.29) is 0 Å². The Morgan fingerprint density at radius 2 is 1.96 bits per heavy atom. The molecule has 0 saturated carbocycles. The van der Waals surface area contributed by atoms with Crippen molar-refractivity contribution in [2.24, 2.45) is 5.92 Å². The Kier molecular flexibility index (Phi) is 4.53. The van der Waals surface area contributed by atoms with Gasteiger partial charge in [0.25, 0.3) is 0 Å². The van der Waals surface area contributed by atoms with Gasteiger partial charge < -0.3 is 19.6 Å². The van der Waals surface area contributed by atoms with Crippen molar-refractivity contribution >= 4 is 45.7 Å². The summed E-state index contributed by atoms with van der Waals surface area (Å²) < 4.78 is 8.07. The number of anilines is 2. The van der Waals surface area contributed by atoms with Gasteiger partial charge in [-0.15, -0.1) is 0 Å². The molecule has 2 heterocycles. The summed E-state index contributed by atoms with van der Waals surface area (Å²) in [6.45, 7) is 5.23. The number of methoxy groups -OCH3 is 1. The summed E-state index contributed by atoms with van der Waals surface area (Å²) in [7, 11) is 1.65. The lowest BCUT2D eigenvalue weighted by molar-refractivity contribution is 0.415. The molecule has 0 bridgehead atoms. The first-order chi connectivity index (χ1) is 13.0. The van der Waals surface area contributed by atoms with Crippen molar-refractivity contribution in [2.45, 2.75) is 20.4 Å². The fourth-order valence-electron chi connectivity index (χ4n) is 3.16. The zero-order valence-electron chi connectivity index (χ0n) is 15.5. The second-order valence-electron chi connectivity index (χ2n) is 6.90. The van der Waals surface area contributed by atoms with Crippen LogP contribution in [-0.4, -0.2) is 26.6 Å². The smallest absolute Gasteiger partial charge is 0.178 e. The molecule has 138 valence electrons. The second kappa shape index (κ2) is 7.00.